The number of carbonyl (C=O) groups is 2. The molecule has 2 heterocycles. The number of esters is 1. The Balaban J connectivity index is 2.31. The SMILES string of the molecule is COC(=O)/C(=C/c1cnc2ncccn12)NC(=O)OC(C)(C)C. The van der Waals surface area contributed by atoms with Crippen LogP contribution in [0, 0.1) is 0 Å². The number of imidazole rings is 1. The van der Waals surface area contributed by atoms with E-state index in [0.29, 0.717) is 11.5 Å². The van der Waals surface area contributed by atoms with E-state index in [1.807, 2.05) is 0 Å². The highest BCUT2D eigenvalue weighted by molar-refractivity contribution is 5.96. The van der Waals surface area contributed by atoms with E-state index in [0.717, 1.165) is 0 Å². The summed E-state index contributed by atoms with van der Waals surface area (Å²) in [5.74, 6) is -0.227. The Bertz CT molecular complexity index is 758. The van der Waals surface area contributed by atoms with Crippen LogP contribution in [0.2, 0.25) is 0 Å². The van der Waals surface area contributed by atoms with Crippen molar-refractivity contribution in [2.24, 2.45) is 0 Å². The average molecular weight is 318 g/mol. The Morgan fingerprint density at radius 1 is 1.30 bits per heavy atom. The first-order chi connectivity index (χ1) is 10.8. The van der Waals surface area contributed by atoms with Crippen molar-refractivity contribution in [3.8, 4) is 0 Å². The van der Waals surface area contributed by atoms with Crippen LogP contribution in [-0.2, 0) is 14.3 Å². The largest absolute Gasteiger partial charge is 0.464 e. The molecule has 0 unspecified atom stereocenters. The van der Waals surface area contributed by atoms with Gasteiger partial charge in [-0.1, -0.05) is 0 Å². The fourth-order valence-corrected chi connectivity index (χ4v) is 1.77. The lowest BCUT2D eigenvalue weighted by atomic mass is 10.2. The molecule has 0 aliphatic carbocycles. The van der Waals surface area contributed by atoms with Gasteiger partial charge in [0, 0.05) is 12.4 Å². The molecule has 0 fully saturated rings. The highest BCUT2D eigenvalue weighted by atomic mass is 16.6. The number of amides is 1. The summed E-state index contributed by atoms with van der Waals surface area (Å²) in [5, 5.41) is 2.39. The third-order valence-electron chi connectivity index (χ3n) is 2.65. The van der Waals surface area contributed by atoms with E-state index in [4.69, 9.17) is 4.74 Å². The lowest BCUT2D eigenvalue weighted by Crippen LogP contribution is -2.34. The molecule has 0 spiro atoms. The van der Waals surface area contributed by atoms with Gasteiger partial charge < -0.3 is 9.47 Å². The molecule has 0 bridgehead atoms. The molecule has 2 aromatic rings. The van der Waals surface area contributed by atoms with Gasteiger partial charge in [0.1, 0.15) is 11.3 Å². The number of alkyl carbamates (subject to hydrolysis) is 1. The standard InChI is InChI=1S/C15H18N4O4/c1-15(2,3)23-14(21)18-11(12(20)22-4)8-10-9-17-13-16-6-5-7-19(10)13/h5-9H,1-4H3,(H,18,21)/b11-8-. The Morgan fingerprint density at radius 3 is 2.70 bits per heavy atom. The first kappa shape index (κ1) is 16.5. The van der Waals surface area contributed by atoms with Crippen molar-refractivity contribution in [1.82, 2.24) is 19.7 Å². The van der Waals surface area contributed by atoms with Crippen molar-refractivity contribution in [1.29, 1.82) is 0 Å². The fourth-order valence-electron chi connectivity index (χ4n) is 1.77. The normalized spacial score (nSPS) is 12.1. The summed E-state index contributed by atoms with van der Waals surface area (Å²) in [6.07, 6.45) is 5.57. The summed E-state index contributed by atoms with van der Waals surface area (Å²) >= 11 is 0. The van der Waals surface area contributed by atoms with E-state index >= 15 is 0 Å². The van der Waals surface area contributed by atoms with Crippen molar-refractivity contribution in [2.45, 2.75) is 26.4 Å². The Morgan fingerprint density at radius 2 is 2.04 bits per heavy atom. The predicted molar refractivity (Wildman–Crippen MR) is 82.3 cm³/mol. The van der Waals surface area contributed by atoms with Gasteiger partial charge in [-0.15, -0.1) is 0 Å². The van der Waals surface area contributed by atoms with Crippen LogP contribution in [0.1, 0.15) is 26.5 Å². The van der Waals surface area contributed by atoms with E-state index in [1.165, 1.54) is 19.4 Å². The highest BCUT2D eigenvalue weighted by Crippen LogP contribution is 2.11. The molecule has 1 amide bonds. The molecule has 8 heteroatoms. The molecule has 8 nitrogen and oxygen atoms in total. The van der Waals surface area contributed by atoms with E-state index in [-0.39, 0.29) is 5.70 Å². The van der Waals surface area contributed by atoms with Crippen molar-refractivity contribution in [3.05, 3.63) is 36.0 Å². The van der Waals surface area contributed by atoms with Crippen LogP contribution in [0.15, 0.2) is 30.4 Å². The van der Waals surface area contributed by atoms with Crippen LogP contribution in [0.5, 0.6) is 0 Å². The van der Waals surface area contributed by atoms with Gasteiger partial charge in [-0.25, -0.2) is 19.6 Å². The Hall–Kier alpha value is -2.90. The number of carbonyl (C=O) groups excluding carboxylic acids is 2. The van der Waals surface area contributed by atoms with Crippen LogP contribution in [0.25, 0.3) is 11.9 Å². The first-order valence-electron chi connectivity index (χ1n) is 6.88. The summed E-state index contributed by atoms with van der Waals surface area (Å²) in [7, 11) is 1.23. The monoisotopic (exact) mass is 318 g/mol. The molecule has 23 heavy (non-hydrogen) atoms. The lowest BCUT2D eigenvalue weighted by Gasteiger charge is -2.20. The summed E-state index contributed by atoms with van der Waals surface area (Å²) < 4.78 is 11.5. The van der Waals surface area contributed by atoms with E-state index in [9.17, 15) is 9.59 Å². The number of fused-ring (bicyclic) bond motifs is 1. The zero-order valence-electron chi connectivity index (χ0n) is 13.4. The minimum absolute atomic E-state index is 0.0626. The zero-order chi connectivity index (χ0) is 17.0. The van der Waals surface area contributed by atoms with Crippen molar-refractivity contribution in [2.75, 3.05) is 7.11 Å². The molecule has 122 valence electrons. The van der Waals surface area contributed by atoms with Crippen LogP contribution in [0.4, 0.5) is 4.79 Å². The van der Waals surface area contributed by atoms with Gasteiger partial charge in [-0.2, -0.15) is 0 Å². The number of nitrogens with zero attached hydrogens (tertiary/aromatic N) is 3. The molecule has 2 aromatic heterocycles. The van der Waals surface area contributed by atoms with Gasteiger partial charge >= 0.3 is 12.1 Å². The molecule has 0 aromatic carbocycles. The second-order valence-corrected chi connectivity index (χ2v) is 5.65. The van der Waals surface area contributed by atoms with E-state index < -0.39 is 17.7 Å². The Kier molecular flexibility index (Phi) is 4.63. The number of ether oxygens (including phenoxy) is 2. The minimum Gasteiger partial charge on any atom is -0.464 e. The quantitative estimate of drug-likeness (QED) is 0.684. The average Bonchev–Trinajstić information content (AvgIpc) is 2.87. The molecule has 0 atom stereocenters. The van der Waals surface area contributed by atoms with Gasteiger partial charge in [0.25, 0.3) is 0 Å². The highest BCUT2D eigenvalue weighted by Gasteiger charge is 2.20. The second-order valence-electron chi connectivity index (χ2n) is 5.65. The maximum Gasteiger partial charge on any atom is 0.412 e. The lowest BCUT2D eigenvalue weighted by molar-refractivity contribution is -0.136. The van der Waals surface area contributed by atoms with Crippen LogP contribution >= 0.6 is 0 Å². The van der Waals surface area contributed by atoms with Crippen LogP contribution in [0.3, 0.4) is 0 Å². The predicted octanol–water partition coefficient (Wildman–Crippen LogP) is 1.77. The summed E-state index contributed by atoms with van der Waals surface area (Å²) in [5.41, 5.74) is -0.185. The molecular formula is C15H18N4O4. The van der Waals surface area contributed by atoms with Gasteiger partial charge in [0.05, 0.1) is 19.0 Å². The molecule has 2 rings (SSSR count). The Labute approximate surface area is 133 Å². The maximum absolute atomic E-state index is 11.9. The molecule has 0 saturated heterocycles. The molecule has 0 radical (unpaired) electrons. The van der Waals surface area contributed by atoms with Gasteiger partial charge in [0.15, 0.2) is 0 Å². The summed E-state index contributed by atoms with van der Waals surface area (Å²) in [6, 6.07) is 1.73. The number of aromatic nitrogens is 3. The number of hydrogen-bond donors (Lipinski definition) is 1. The van der Waals surface area contributed by atoms with Gasteiger partial charge in [-0.3, -0.25) is 9.72 Å². The number of hydrogen-bond acceptors (Lipinski definition) is 6. The van der Waals surface area contributed by atoms with E-state index in [2.05, 4.69) is 20.0 Å². The third kappa shape index (κ3) is 4.29. The van der Waals surface area contributed by atoms with Crippen LogP contribution < -0.4 is 5.32 Å². The molecule has 0 aliphatic rings. The maximum atomic E-state index is 11.9. The summed E-state index contributed by atoms with van der Waals surface area (Å²) in [6.45, 7) is 5.18. The molecule has 0 saturated carbocycles. The number of rotatable bonds is 3. The number of methoxy groups -OCH3 is 1. The first-order valence-corrected chi connectivity index (χ1v) is 6.88. The summed E-state index contributed by atoms with van der Waals surface area (Å²) in [4.78, 5) is 31.9. The van der Waals surface area contributed by atoms with Gasteiger partial charge in [-0.05, 0) is 32.9 Å². The van der Waals surface area contributed by atoms with Crippen molar-refractivity contribution >= 4 is 23.9 Å². The molecule has 0 aliphatic heterocycles. The van der Waals surface area contributed by atoms with Crippen LogP contribution in [-0.4, -0.2) is 39.1 Å². The van der Waals surface area contributed by atoms with Crippen molar-refractivity contribution in [3.63, 3.8) is 0 Å². The molecule has 1 N–H and O–H groups in total. The number of nitrogens with one attached hydrogen (secondary N) is 1. The van der Waals surface area contributed by atoms with E-state index in [1.54, 1.807) is 43.6 Å². The van der Waals surface area contributed by atoms with Gasteiger partial charge in [0.2, 0.25) is 5.78 Å². The smallest absolute Gasteiger partial charge is 0.412 e. The zero-order valence-corrected chi connectivity index (χ0v) is 13.4. The van der Waals surface area contributed by atoms with Crippen molar-refractivity contribution < 1.29 is 19.1 Å². The fraction of sp³-hybridized carbons (Fsp3) is 0.333. The third-order valence-corrected chi connectivity index (χ3v) is 2.65. The second kappa shape index (κ2) is 6.47. The minimum atomic E-state index is -0.749. The molecular weight excluding hydrogens is 300 g/mol. The topological polar surface area (TPSA) is 94.8 Å².